The molecule has 0 aromatic heterocycles. The minimum absolute atomic E-state index is 0.0665. The first-order valence-corrected chi connectivity index (χ1v) is 9.39. The maximum atomic E-state index is 11.9. The normalized spacial score (nSPS) is 17.6. The van der Waals surface area contributed by atoms with E-state index in [1.807, 2.05) is 13.8 Å². The Balaban J connectivity index is 2.51. The summed E-state index contributed by atoms with van der Waals surface area (Å²) in [7, 11) is -3.24. The summed E-state index contributed by atoms with van der Waals surface area (Å²) < 4.78 is 25.3. The van der Waals surface area contributed by atoms with Crippen LogP contribution in [0.15, 0.2) is 0 Å². The summed E-state index contributed by atoms with van der Waals surface area (Å²) in [5.41, 5.74) is 0. The summed E-state index contributed by atoms with van der Waals surface area (Å²) in [6.07, 6.45) is 6.67. The number of nitrogens with zero attached hydrogens (tertiary/aromatic N) is 1. The minimum Gasteiger partial charge on any atom is -0.356 e. The van der Waals surface area contributed by atoms with Gasteiger partial charge in [-0.25, -0.2) is 8.42 Å². The number of amides is 1. The van der Waals surface area contributed by atoms with Crippen LogP contribution in [0.2, 0.25) is 0 Å². The van der Waals surface area contributed by atoms with Crippen molar-refractivity contribution in [1.82, 2.24) is 9.62 Å². The third-order valence-corrected chi connectivity index (χ3v) is 5.01. The predicted octanol–water partition coefficient (Wildman–Crippen LogP) is 1.74. The maximum absolute atomic E-state index is 11.9. The Labute approximate surface area is 123 Å². The topological polar surface area (TPSA) is 66.5 Å². The number of carbonyl (C=O) groups is 1. The molecule has 5 nitrogen and oxygen atoms in total. The molecule has 20 heavy (non-hydrogen) atoms. The second-order valence-electron chi connectivity index (χ2n) is 6.11. The van der Waals surface area contributed by atoms with Gasteiger partial charge < -0.3 is 5.32 Å². The lowest BCUT2D eigenvalue weighted by atomic mass is 9.95. The largest absolute Gasteiger partial charge is 0.356 e. The van der Waals surface area contributed by atoms with Gasteiger partial charge in [-0.15, -0.1) is 0 Å². The Morgan fingerprint density at radius 1 is 1.25 bits per heavy atom. The van der Waals surface area contributed by atoms with Crippen LogP contribution in [0.1, 0.15) is 52.4 Å². The number of nitrogens with one attached hydrogen (secondary N) is 1. The maximum Gasteiger partial charge on any atom is 0.221 e. The molecule has 0 spiro atoms. The summed E-state index contributed by atoms with van der Waals surface area (Å²) in [6, 6.07) is 0.0802. The van der Waals surface area contributed by atoms with E-state index in [2.05, 4.69) is 5.32 Å². The standard InChI is InChI=1S/C14H28N2O3S/c1-12(2)11-15-14(17)9-10-16(20(3,18)19)13-7-5-4-6-8-13/h12-13H,4-11H2,1-3H3,(H,15,17). The smallest absolute Gasteiger partial charge is 0.221 e. The zero-order valence-electron chi connectivity index (χ0n) is 12.9. The summed E-state index contributed by atoms with van der Waals surface area (Å²) in [5, 5.41) is 2.83. The van der Waals surface area contributed by atoms with Gasteiger partial charge in [-0.3, -0.25) is 4.79 Å². The van der Waals surface area contributed by atoms with Crippen molar-refractivity contribution in [1.29, 1.82) is 0 Å². The van der Waals surface area contributed by atoms with Crippen LogP contribution in [0, 0.1) is 5.92 Å². The zero-order valence-corrected chi connectivity index (χ0v) is 13.7. The molecule has 1 saturated carbocycles. The first kappa shape index (κ1) is 17.4. The molecule has 0 unspecified atom stereocenters. The van der Waals surface area contributed by atoms with E-state index in [-0.39, 0.29) is 18.4 Å². The molecule has 1 amide bonds. The Morgan fingerprint density at radius 3 is 2.35 bits per heavy atom. The van der Waals surface area contributed by atoms with Crippen LogP contribution in [0.4, 0.5) is 0 Å². The molecule has 1 fully saturated rings. The van der Waals surface area contributed by atoms with Gasteiger partial charge in [0.05, 0.1) is 6.26 Å². The Kier molecular flexibility index (Phi) is 6.95. The van der Waals surface area contributed by atoms with E-state index in [4.69, 9.17) is 0 Å². The highest BCUT2D eigenvalue weighted by Gasteiger charge is 2.28. The van der Waals surface area contributed by atoms with Crippen LogP contribution in [0.3, 0.4) is 0 Å². The summed E-state index contributed by atoms with van der Waals surface area (Å²) in [6.45, 7) is 5.00. The van der Waals surface area contributed by atoms with Gasteiger partial charge in [0.1, 0.15) is 0 Å². The fourth-order valence-electron chi connectivity index (χ4n) is 2.61. The van der Waals surface area contributed by atoms with Gasteiger partial charge in [-0.05, 0) is 18.8 Å². The van der Waals surface area contributed by atoms with Crippen LogP contribution < -0.4 is 5.32 Å². The van der Waals surface area contributed by atoms with Crippen molar-refractivity contribution in [3.05, 3.63) is 0 Å². The average Bonchev–Trinajstić information content (AvgIpc) is 2.36. The average molecular weight is 304 g/mol. The molecule has 0 atom stereocenters. The molecule has 1 aliphatic carbocycles. The van der Waals surface area contributed by atoms with Gasteiger partial charge >= 0.3 is 0 Å². The summed E-state index contributed by atoms with van der Waals surface area (Å²) in [4.78, 5) is 11.7. The fraction of sp³-hybridized carbons (Fsp3) is 0.929. The highest BCUT2D eigenvalue weighted by Crippen LogP contribution is 2.24. The molecule has 0 bridgehead atoms. The van der Waals surface area contributed by atoms with Crippen molar-refractivity contribution in [2.24, 2.45) is 5.92 Å². The van der Waals surface area contributed by atoms with Crippen LogP contribution in [0.5, 0.6) is 0 Å². The van der Waals surface area contributed by atoms with Crippen molar-refractivity contribution in [2.75, 3.05) is 19.3 Å². The molecule has 0 heterocycles. The third-order valence-electron chi connectivity index (χ3n) is 3.67. The van der Waals surface area contributed by atoms with Crippen LogP contribution >= 0.6 is 0 Å². The van der Waals surface area contributed by atoms with Crippen LogP contribution in [0.25, 0.3) is 0 Å². The fourth-order valence-corrected chi connectivity index (χ4v) is 3.78. The molecule has 0 aromatic carbocycles. The number of hydrogen-bond donors (Lipinski definition) is 1. The molecular formula is C14H28N2O3S. The molecule has 118 valence electrons. The molecule has 0 saturated heterocycles. The van der Waals surface area contributed by atoms with E-state index >= 15 is 0 Å². The lowest BCUT2D eigenvalue weighted by Gasteiger charge is -2.32. The molecule has 6 heteroatoms. The van der Waals surface area contributed by atoms with Crippen molar-refractivity contribution in [3.8, 4) is 0 Å². The molecule has 1 rings (SSSR count). The molecule has 1 N–H and O–H groups in total. The van der Waals surface area contributed by atoms with Gasteiger partial charge in [0.25, 0.3) is 0 Å². The Hall–Kier alpha value is -0.620. The Bertz CT molecular complexity index is 401. The third kappa shape index (κ3) is 6.22. The highest BCUT2D eigenvalue weighted by molar-refractivity contribution is 7.88. The van der Waals surface area contributed by atoms with Crippen molar-refractivity contribution < 1.29 is 13.2 Å². The zero-order chi connectivity index (χ0) is 15.2. The quantitative estimate of drug-likeness (QED) is 0.779. The number of rotatable bonds is 7. The van der Waals surface area contributed by atoms with Gasteiger partial charge in [0, 0.05) is 25.6 Å². The first-order valence-electron chi connectivity index (χ1n) is 7.54. The lowest BCUT2D eigenvalue weighted by molar-refractivity contribution is -0.121. The SMILES string of the molecule is CC(C)CNC(=O)CCN(C1CCCCC1)S(C)(=O)=O. The first-order chi connectivity index (χ1) is 9.30. The van der Waals surface area contributed by atoms with E-state index in [9.17, 15) is 13.2 Å². The van der Waals surface area contributed by atoms with Crippen LogP contribution in [-0.2, 0) is 14.8 Å². The monoisotopic (exact) mass is 304 g/mol. The van der Waals surface area contributed by atoms with Crippen molar-refractivity contribution in [2.45, 2.75) is 58.4 Å². The molecule has 0 aromatic rings. The number of sulfonamides is 1. The predicted molar refractivity (Wildman–Crippen MR) is 80.9 cm³/mol. The van der Waals surface area contributed by atoms with Gasteiger partial charge in [0.15, 0.2) is 0 Å². The second kappa shape index (κ2) is 7.98. The number of carbonyl (C=O) groups excluding carboxylic acids is 1. The van der Waals surface area contributed by atoms with E-state index in [0.717, 1.165) is 25.7 Å². The molecule has 0 aliphatic heterocycles. The van der Waals surface area contributed by atoms with E-state index in [0.29, 0.717) is 19.0 Å². The highest BCUT2D eigenvalue weighted by atomic mass is 32.2. The minimum atomic E-state index is -3.24. The molecule has 1 aliphatic rings. The summed E-state index contributed by atoms with van der Waals surface area (Å²) >= 11 is 0. The van der Waals surface area contributed by atoms with E-state index in [1.54, 1.807) is 0 Å². The van der Waals surface area contributed by atoms with Crippen molar-refractivity contribution >= 4 is 15.9 Å². The van der Waals surface area contributed by atoms with Crippen LogP contribution in [-0.4, -0.2) is 44.0 Å². The van der Waals surface area contributed by atoms with Gasteiger partial charge in [-0.2, -0.15) is 4.31 Å². The summed E-state index contributed by atoms with van der Waals surface area (Å²) in [5.74, 6) is 0.339. The Morgan fingerprint density at radius 2 is 1.85 bits per heavy atom. The van der Waals surface area contributed by atoms with Gasteiger partial charge in [0.2, 0.25) is 15.9 Å². The molecule has 0 radical (unpaired) electrons. The van der Waals surface area contributed by atoms with E-state index in [1.165, 1.54) is 17.0 Å². The van der Waals surface area contributed by atoms with Gasteiger partial charge in [-0.1, -0.05) is 33.1 Å². The number of hydrogen-bond acceptors (Lipinski definition) is 3. The second-order valence-corrected chi connectivity index (χ2v) is 8.05. The van der Waals surface area contributed by atoms with Crippen molar-refractivity contribution in [3.63, 3.8) is 0 Å². The van der Waals surface area contributed by atoms with E-state index < -0.39 is 10.0 Å². The molecular weight excluding hydrogens is 276 g/mol. The lowest BCUT2D eigenvalue weighted by Crippen LogP contribution is -2.43.